The molecule has 0 aromatic heterocycles. The molecule has 1 aliphatic rings. The minimum Gasteiger partial charge on any atom is -0.388 e. The minimum atomic E-state index is -0.528. The fourth-order valence-electron chi connectivity index (χ4n) is 2.70. The molecule has 2 aromatic carbocycles. The second-order valence-corrected chi connectivity index (χ2v) is 4.38. The number of rotatable bonds is 2. The first-order chi connectivity index (χ1) is 8.33. The molecule has 1 nitrogen and oxygen atoms in total. The smallest absolute Gasteiger partial charge is 0.0827 e. The lowest BCUT2D eigenvalue weighted by molar-refractivity contribution is 0.206. The Morgan fingerprint density at radius 2 is 1.41 bits per heavy atom. The number of benzene rings is 2. The van der Waals surface area contributed by atoms with Crippen LogP contribution in [-0.2, 0) is 0 Å². The van der Waals surface area contributed by atoms with Crippen LogP contribution in [0.15, 0.2) is 61.2 Å². The van der Waals surface area contributed by atoms with Crippen LogP contribution in [0.4, 0.5) is 0 Å². The first-order valence-corrected chi connectivity index (χ1v) is 5.82. The van der Waals surface area contributed by atoms with Crippen LogP contribution >= 0.6 is 0 Å². The summed E-state index contributed by atoms with van der Waals surface area (Å²) in [6.45, 7) is 3.70. The molecule has 84 valence electrons. The summed E-state index contributed by atoms with van der Waals surface area (Å²) in [5, 5.41) is 10.1. The summed E-state index contributed by atoms with van der Waals surface area (Å²) in [5.74, 6) is 0.0277. The third-order valence-electron chi connectivity index (χ3n) is 3.46. The SMILES string of the molecule is C=CC(O)C1c2ccccc2-c2ccccc21. The summed E-state index contributed by atoms with van der Waals surface area (Å²) in [5.41, 5.74) is 4.85. The maximum Gasteiger partial charge on any atom is 0.0827 e. The van der Waals surface area contributed by atoms with Crippen LogP contribution in [0.2, 0.25) is 0 Å². The third kappa shape index (κ3) is 1.43. The van der Waals surface area contributed by atoms with E-state index in [2.05, 4.69) is 30.8 Å². The van der Waals surface area contributed by atoms with E-state index in [1.54, 1.807) is 6.08 Å². The number of fused-ring (bicyclic) bond motifs is 3. The summed E-state index contributed by atoms with van der Waals surface area (Å²) in [6, 6.07) is 16.5. The van der Waals surface area contributed by atoms with Crippen LogP contribution in [0.1, 0.15) is 17.0 Å². The Morgan fingerprint density at radius 1 is 0.941 bits per heavy atom. The van der Waals surface area contributed by atoms with Crippen LogP contribution in [-0.4, -0.2) is 11.2 Å². The van der Waals surface area contributed by atoms with Gasteiger partial charge < -0.3 is 5.11 Å². The van der Waals surface area contributed by atoms with E-state index >= 15 is 0 Å². The molecule has 1 unspecified atom stereocenters. The number of hydrogen-bond acceptors (Lipinski definition) is 1. The molecule has 0 amide bonds. The van der Waals surface area contributed by atoms with Gasteiger partial charge in [-0.25, -0.2) is 0 Å². The molecule has 0 spiro atoms. The van der Waals surface area contributed by atoms with E-state index in [4.69, 9.17) is 0 Å². The fourth-order valence-corrected chi connectivity index (χ4v) is 2.70. The lowest BCUT2D eigenvalue weighted by Gasteiger charge is -2.17. The van der Waals surface area contributed by atoms with Crippen molar-refractivity contribution in [3.05, 3.63) is 72.3 Å². The Balaban J connectivity index is 2.27. The molecule has 1 N–H and O–H groups in total. The van der Waals surface area contributed by atoms with Gasteiger partial charge in [-0.3, -0.25) is 0 Å². The molecule has 0 saturated carbocycles. The molecule has 0 saturated heterocycles. The second kappa shape index (κ2) is 3.86. The van der Waals surface area contributed by atoms with E-state index < -0.39 is 6.10 Å². The molecule has 1 aliphatic carbocycles. The Labute approximate surface area is 101 Å². The average molecular weight is 222 g/mol. The van der Waals surface area contributed by atoms with E-state index in [1.165, 1.54) is 22.3 Å². The van der Waals surface area contributed by atoms with Crippen molar-refractivity contribution in [2.45, 2.75) is 12.0 Å². The molecule has 0 aliphatic heterocycles. The molecule has 0 bridgehead atoms. The van der Waals surface area contributed by atoms with Gasteiger partial charge in [0.2, 0.25) is 0 Å². The summed E-state index contributed by atoms with van der Waals surface area (Å²) < 4.78 is 0. The van der Waals surface area contributed by atoms with Crippen molar-refractivity contribution in [1.82, 2.24) is 0 Å². The predicted molar refractivity (Wildman–Crippen MR) is 69.9 cm³/mol. The van der Waals surface area contributed by atoms with Crippen LogP contribution < -0.4 is 0 Å². The van der Waals surface area contributed by atoms with Gasteiger partial charge in [-0.2, -0.15) is 0 Å². The van der Waals surface area contributed by atoms with Crippen molar-refractivity contribution in [2.75, 3.05) is 0 Å². The third-order valence-corrected chi connectivity index (χ3v) is 3.46. The highest BCUT2D eigenvalue weighted by molar-refractivity contribution is 5.79. The minimum absolute atomic E-state index is 0.0277. The molecule has 17 heavy (non-hydrogen) atoms. The molecular weight excluding hydrogens is 208 g/mol. The van der Waals surface area contributed by atoms with Gasteiger partial charge in [-0.15, -0.1) is 6.58 Å². The molecule has 1 heteroatoms. The molecule has 1 atom stereocenters. The van der Waals surface area contributed by atoms with Gasteiger partial charge in [0, 0.05) is 5.92 Å². The zero-order chi connectivity index (χ0) is 11.8. The van der Waals surface area contributed by atoms with Crippen LogP contribution in [0.25, 0.3) is 11.1 Å². The average Bonchev–Trinajstić information content (AvgIpc) is 2.72. The summed E-state index contributed by atoms with van der Waals surface area (Å²) in [6.07, 6.45) is 1.09. The van der Waals surface area contributed by atoms with Crippen LogP contribution in [0, 0.1) is 0 Å². The Morgan fingerprint density at radius 3 is 1.88 bits per heavy atom. The lowest BCUT2D eigenvalue weighted by atomic mass is 9.91. The van der Waals surface area contributed by atoms with Gasteiger partial charge >= 0.3 is 0 Å². The highest BCUT2D eigenvalue weighted by Crippen LogP contribution is 2.46. The van der Waals surface area contributed by atoms with Crippen molar-refractivity contribution in [1.29, 1.82) is 0 Å². The van der Waals surface area contributed by atoms with E-state index in [9.17, 15) is 5.11 Å². The standard InChI is InChI=1S/C16H14O/c1-2-15(17)16-13-9-5-3-7-11(13)12-8-4-6-10-14(12)16/h2-10,15-17H,1H2. The highest BCUT2D eigenvalue weighted by atomic mass is 16.3. The van der Waals surface area contributed by atoms with Crippen molar-refractivity contribution < 1.29 is 5.11 Å². The zero-order valence-electron chi connectivity index (χ0n) is 9.51. The molecule has 2 aromatic rings. The van der Waals surface area contributed by atoms with Gasteiger partial charge in [0.15, 0.2) is 0 Å². The summed E-state index contributed by atoms with van der Waals surface area (Å²) in [4.78, 5) is 0. The topological polar surface area (TPSA) is 20.2 Å². The maximum atomic E-state index is 10.1. The molecule has 3 rings (SSSR count). The Bertz CT molecular complexity index is 526. The molecule has 0 heterocycles. The van der Waals surface area contributed by atoms with Crippen LogP contribution in [0.3, 0.4) is 0 Å². The fraction of sp³-hybridized carbons (Fsp3) is 0.125. The molecular formula is C16H14O. The quantitative estimate of drug-likeness (QED) is 0.773. The van der Waals surface area contributed by atoms with E-state index in [1.807, 2.05) is 24.3 Å². The second-order valence-electron chi connectivity index (χ2n) is 4.38. The largest absolute Gasteiger partial charge is 0.388 e. The van der Waals surface area contributed by atoms with Gasteiger partial charge in [-0.05, 0) is 22.3 Å². The molecule has 0 fully saturated rings. The number of aliphatic hydroxyl groups excluding tert-OH is 1. The van der Waals surface area contributed by atoms with Crippen molar-refractivity contribution in [3.63, 3.8) is 0 Å². The van der Waals surface area contributed by atoms with E-state index in [-0.39, 0.29) is 5.92 Å². The highest BCUT2D eigenvalue weighted by Gasteiger charge is 2.31. The van der Waals surface area contributed by atoms with Gasteiger partial charge in [-0.1, -0.05) is 54.6 Å². The first kappa shape index (κ1) is 10.3. The predicted octanol–water partition coefficient (Wildman–Crippen LogP) is 3.35. The van der Waals surface area contributed by atoms with E-state index in [0.29, 0.717) is 0 Å². The van der Waals surface area contributed by atoms with Gasteiger partial charge in [0.25, 0.3) is 0 Å². The first-order valence-electron chi connectivity index (χ1n) is 5.82. The van der Waals surface area contributed by atoms with Crippen molar-refractivity contribution in [3.8, 4) is 11.1 Å². The number of hydrogen-bond donors (Lipinski definition) is 1. The summed E-state index contributed by atoms with van der Waals surface area (Å²) >= 11 is 0. The Kier molecular flexibility index (Phi) is 2.34. The van der Waals surface area contributed by atoms with Crippen molar-refractivity contribution >= 4 is 0 Å². The lowest BCUT2D eigenvalue weighted by Crippen LogP contribution is -2.14. The monoisotopic (exact) mass is 222 g/mol. The Hall–Kier alpha value is -1.86. The van der Waals surface area contributed by atoms with Gasteiger partial charge in [0.05, 0.1) is 6.10 Å². The van der Waals surface area contributed by atoms with Gasteiger partial charge in [0.1, 0.15) is 0 Å². The number of aliphatic hydroxyl groups is 1. The summed E-state index contributed by atoms with van der Waals surface area (Å²) in [7, 11) is 0. The maximum absolute atomic E-state index is 10.1. The zero-order valence-corrected chi connectivity index (χ0v) is 9.51. The van der Waals surface area contributed by atoms with Crippen molar-refractivity contribution in [2.24, 2.45) is 0 Å². The van der Waals surface area contributed by atoms with Crippen LogP contribution in [0.5, 0.6) is 0 Å². The normalized spacial score (nSPS) is 15.1. The molecule has 0 radical (unpaired) electrons. The van der Waals surface area contributed by atoms with E-state index in [0.717, 1.165) is 0 Å².